The van der Waals surface area contributed by atoms with Gasteiger partial charge in [-0.2, -0.15) is 0 Å². The topological polar surface area (TPSA) is 43.2 Å². The molecule has 3 nitrogen and oxygen atoms in total. The van der Waals surface area contributed by atoms with E-state index in [0.717, 1.165) is 25.7 Å². The first-order valence-corrected chi connectivity index (χ1v) is 3.52. The summed E-state index contributed by atoms with van der Waals surface area (Å²) >= 11 is 0. The van der Waals surface area contributed by atoms with Crippen molar-refractivity contribution in [3.8, 4) is 0 Å². The van der Waals surface area contributed by atoms with Crippen molar-refractivity contribution in [1.29, 1.82) is 0 Å². The fourth-order valence-corrected chi connectivity index (χ4v) is 1.98. The molecule has 1 spiro atoms. The molecule has 0 saturated carbocycles. The maximum atomic E-state index is 5.35. The van der Waals surface area contributed by atoms with E-state index >= 15 is 0 Å². The van der Waals surface area contributed by atoms with Gasteiger partial charge in [-0.15, -0.1) is 0 Å². The van der Waals surface area contributed by atoms with Crippen molar-refractivity contribution in [2.45, 2.75) is 11.7 Å². The third-order valence-electron chi connectivity index (χ3n) is 2.77. The SMILES string of the molecule is C1NC23N[C@H]2COCC13. The highest BCUT2D eigenvalue weighted by Crippen LogP contribution is 2.41. The lowest BCUT2D eigenvalue weighted by Gasteiger charge is -2.40. The Morgan fingerprint density at radius 2 is 2.44 bits per heavy atom. The van der Waals surface area contributed by atoms with Crippen molar-refractivity contribution in [3.63, 3.8) is 0 Å². The molecule has 0 aromatic rings. The molecule has 3 atom stereocenters. The molecule has 9 heavy (non-hydrogen) atoms. The summed E-state index contributed by atoms with van der Waals surface area (Å²) < 4.78 is 5.35. The molecule has 2 N–H and O–H groups in total. The van der Waals surface area contributed by atoms with Gasteiger partial charge in [-0.05, 0) is 0 Å². The van der Waals surface area contributed by atoms with Crippen LogP contribution in [0.3, 0.4) is 0 Å². The van der Waals surface area contributed by atoms with Gasteiger partial charge in [-0.3, -0.25) is 10.6 Å². The van der Waals surface area contributed by atoms with Crippen molar-refractivity contribution < 1.29 is 4.74 Å². The van der Waals surface area contributed by atoms with Crippen LogP contribution in [0.25, 0.3) is 0 Å². The molecule has 0 bridgehead atoms. The zero-order valence-corrected chi connectivity index (χ0v) is 5.18. The molecule has 0 aliphatic carbocycles. The van der Waals surface area contributed by atoms with Gasteiger partial charge in [0.1, 0.15) is 0 Å². The maximum Gasteiger partial charge on any atom is 0.0935 e. The van der Waals surface area contributed by atoms with Crippen molar-refractivity contribution in [1.82, 2.24) is 10.6 Å². The molecule has 2 unspecified atom stereocenters. The molecule has 3 heteroatoms. The van der Waals surface area contributed by atoms with Crippen LogP contribution in [0.4, 0.5) is 0 Å². The Morgan fingerprint density at radius 1 is 1.44 bits per heavy atom. The summed E-state index contributed by atoms with van der Waals surface area (Å²) in [5.74, 6) is 0.760. The second-order valence-corrected chi connectivity index (χ2v) is 3.18. The van der Waals surface area contributed by atoms with E-state index in [1.165, 1.54) is 0 Å². The number of ether oxygens (including phenoxy) is 1. The van der Waals surface area contributed by atoms with Crippen molar-refractivity contribution >= 4 is 0 Å². The Balaban J connectivity index is 1.90. The number of rotatable bonds is 0. The van der Waals surface area contributed by atoms with E-state index in [4.69, 9.17) is 4.74 Å². The largest absolute Gasteiger partial charge is 0.379 e. The first kappa shape index (κ1) is 4.66. The third-order valence-corrected chi connectivity index (χ3v) is 2.77. The van der Waals surface area contributed by atoms with E-state index in [0.29, 0.717) is 11.7 Å². The molecule has 0 aromatic carbocycles. The Labute approximate surface area is 53.8 Å². The zero-order valence-electron chi connectivity index (χ0n) is 5.18. The Kier molecular flexibility index (Phi) is 0.604. The Bertz CT molecular complexity index is 161. The molecule has 50 valence electrons. The number of nitrogens with one attached hydrogen (secondary N) is 2. The average Bonchev–Trinajstić information content (AvgIpc) is 2.52. The number of hydrogen-bond donors (Lipinski definition) is 2. The van der Waals surface area contributed by atoms with Crippen LogP contribution in [0, 0.1) is 5.92 Å². The lowest BCUT2D eigenvalue weighted by atomic mass is 9.88. The van der Waals surface area contributed by atoms with Crippen LogP contribution in [-0.4, -0.2) is 31.5 Å². The van der Waals surface area contributed by atoms with E-state index in [1.54, 1.807) is 0 Å². The van der Waals surface area contributed by atoms with Gasteiger partial charge < -0.3 is 4.74 Å². The fraction of sp³-hybridized carbons (Fsp3) is 1.00. The normalized spacial score (nSPS) is 61.3. The first-order valence-electron chi connectivity index (χ1n) is 3.52. The van der Waals surface area contributed by atoms with E-state index in [1.807, 2.05) is 0 Å². The lowest BCUT2D eigenvalue weighted by Crippen LogP contribution is -2.63. The average molecular weight is 126 g/mol. The molecule has 3 fully saturated rings. The zero-order chi connectivity index (χ0) is 5.90. The fourth-order valence-electron chi connectivity index (χ4n) is 1.98. The molecular formula is C6H10N2O. The predicted molar refractivity (Wildman–Crippen MR) is 32.0 cm³/mol. The summed E-state index contributed by atoms with van der Waals surface area (Å²) in [4.78, 5) is 0. The van der Waals surface area contributed by atoms with Gasteiger partial charge in [0.05, 0.1) is 24.9 Å². The van der Waals surface area contributed by atoms with Gasteiger partial charge in [0, 0.05) is 12.5 Å². The van der Waals surface area contributed by atoms with Crippen molar-refractivity contribution in [3.05, 3.63) is 0 Å². The number of hydrogen-bond acceptors (Lipinski definition) is 3. The Hall–Kier alpha value is -0.120. The van der Waals surface area contributed by atoms with Crippen molar-refractivity contribution in [2.75, 3.05) is 19.8 Å². The van der Waals surface area contributed by atoms with E-state index < -0.39 is 0 Å². The molecular weight excluding hydrogens is 116 g/mol. The van der Waals surface area contributed by atoms with Crippen LogP contribution in [0.15, 0.2) is 0 Å². The molecule has 3 heterocycles. The summed E-state index contributed by atoms with van der Waals surface area (Å²) in [7, 11) is 0. The molecule has 3 aliphatic heterocycles. The highest BCUT2D eigenvalue weighted by Gasteiger charge is 2.65. The lowest BCUT2D eigenvalue weighted by molar-refractivity contribution is 0.00421. The molecule has 3 aliphatic rings. The summed E-state index contributed by atoms with van der Waals surface area (Å²) in [6.45, 7) is 3.00. The third kappa shape index (κ3) is 0.377. The summed E-state index contributed by atoms with van der Waals surface area (Å²) in [6.07, 6.45) is 0. The summed E-state index contributed by atoms with van der Waals surface area (Å²) in [6, 6.07) is 0.630. The highest BCUT2D eigenvalue weighted by molar-refractivity contribution is 5.23. The van der Waals surface area contributed by atoms with Gasteiger partial charge >= 0.3 is 0 Å². The van der Waals surface area contributed by atoms with Gasteiger partial charge in [-0.1, -0.05) is 0 Å². The minimum absolute atomic E-state index is 0.359. The molecule has 0 radical (unpaired) electrons. The summed E-state index contributed by atoms with van der Waals surface area (Å²) in [5, 5.41) is 6.81. The minimum Gasteiger partial charge on any atom is -0.379 e. The minimum atomic E-state index is 0.359. The highest BCUT2D eigenvalue weighted by atomic mass is 16.5. The predicted octanol–water partition coefficient (Wildman–Crippen LogP) is -1.10. The van der Waals surface area contributed by atoms with Crippen LogP contribution in [-0.2, 0) is 4.74 Å². The van der Waals surface area contributed by atoms with E-state index in [-0.39, 0.29) is 0 Å². The van der Waals surface area contributed by atoms with Gasteiger partial charge in [0.25, 0.3) is 0 Å². The molecule has 0 amide bonds. The second kappa shape index (κ2) is 1.17. The molecule has 3 saturated heterocycles. The van der Waals surface area contributed by atoms with Crippen LogP contribution in [0.2, 0.25) is 0 Å². The van der Waals surface area contributed by atoms with E-state index in [9.17, 15) is 0 Å². The van der Waals surface area contributed by atoms with Gasteiger partial charge in [-0.25, -0.2) is 0 Å². The van der Waals surface area contributed by atoms with Gasteiger partial charge in [0.2, 0.25) is 0 Å². The van der Waals surface area contributed by atoms with Crippen LogP contribution >= 0.6 is 0 Å². The van der Waals surface area contributed by atoms with Crippen molar-refractivity contribution in [2.24, 2.45) is 5.92 Å². The smallest absolute Gasteiger partial charge is 0.0935 e. The van der Waals surface area contributed by atoms with Gasteiger partial charge in [0.15, 0.2) is 0 Å². The van der Waals surface area contributed by atoms with E-state index in [2.05, 4.69) is 10.6 Å². The molecule has 3 rings (SSSR count). The monoisotopic (exact) mass is 126 g/mol. The standard InChI is InChI=1S/C6H10N2O/c1-4-2-9-3-5-6(4,7-1)8-5/h4-5,7-8H,1-3H2/t4?,5-,6?/m0/s1. The molecule has 0 aromatic heterocycles. The second-order valence-electron chi connectivity index (χ2n) is 3.18. The quantitative estimate of drug-likeness (QED) is 0.405. The maximum absolute atomic E-state index is 5.35. The first-order chi connectivity index (χ1) is 4.42. The van der Waals surface area contributed by atoms with Crippen LogP contribution in [0.5, 0.6) is 0 Å². The van der Waals surface area contributed by atoms with Crippen LogP contribution < -0.4 is 10.6 Å². The Morgan fingerprint density at radius 3 is 3.00 bits per heavy atom. The summed E-state index contributed by atoms with van der Waals surface area (Å²) in [5.41, 5.74) is 0.359. The van der Waals surface area contributed by atoms with Crippen LogP contribution in [0.1, 0.15) is 0 Å².